The number of rotatable bonds is 8. The predicted molar refractivity (Wildman–Crippen MR) is 154 cm³/mol. The van der Waals surface area contributed by atoms with Gasteiger partial charge in [0.25, 0.3) is 5.91 Å². The van der Waals surface area contributed by atoms with Crippen molar-refractivity contribution in [2.75, 3.05) is 36.9 Å². The number of anilines is 2. The number of benzene rings is 1. The number of carbonyl (C=O) groups excluding carboxylic acids is 2. The van der Waals surface area contributed by atoms with E-state index in [-0.39, 0.29) is 23.7 Å². The van der Waals surface area contributed by atoms with Gasteiger partial charge >= 0.3 is 0 Å². The van der Waals surface area contributed by atoms with Gasteiger partial charge in [0.15, 0.2) is 0 Å². The quantitative estimate of drug-likeness (QED) is 0.320. The van der Waals surface area contributed by atoms with Crippen LogP contribution in [0.1, 0.15) is 58.3 Å². The van der Waals surface area contributed by atoms with Gasteiger partial charge in [-0.1, -0.05) is 23.7 Å². The van der Waals surface area contributed by atoms with Crippen LogP contribution in [0.4, 0.5) is 11.6 Å². The van der Waals surface area contributed by atoms with Gasteiger partial charge < -0.3 is 24.7 Å². The highest BCUT2D eigenvalue weighted by Crippen LogP contribution is 2.48. The third-order valence-corrected chi connectivity index (χ3v) is 8.21. The molecule has 3 fully saturated rings. The molecule has 4 aromatic rings. The number of imidazole rings is 1. The number of hydrogen-bond donors (Lipinski definition) is 2. The van der Waals surface area contributed by atoms with Crippen LogP contribution in [0.25, 0.3) is 5.65 Å². The molecule has 210 valence electrons. The number of fused-ring (bicyclic) bond motifs is 1. The Morgan fingerprint density at radius 1 is 1.02 bits per heavy atom. The Labute approximate surface area is 242 Å². The zero-order valence-electron chi connectivity index (χ0n) is 22.4. The largest absolute Gasteiger partial charge is 0.378 e. The molecule has 0 radical (unpaired) electrons. The number of pyridine rings is 1. The van der Waals surface area contributed by atoms with Gasteiger partial charge in [0.05, 0.1) is 31.0 Å². The minimum Gasteiger partial charge on any atom is -0.378 e. The molecule has 10 nitrogen and oxygen atoms in total. The average molecular weight is 572 g/mol. The van der Waals surface area contributed by atoms with Crippen LogP contribution in [0.5, 0.6) is 0 Å². The third-order valence-electron chi connectivity index (χ3n) is 7.97. The third kappa shape index (κ3) is 5.62. The predicted octanol–water partition coefficient (Wildman–Crippen LogP) is 4.48. The molecule has 3 aromatic heterocycles. The van der Waals surface area contributed by atoms with Gasteiger partial charge in [0.1, 0.15) is 23.6 Å². The molecule has 1 unspecified atom stereocenters. The maximum atomic E-state index is 13.4. The van der Waals surface area contributed by atoms with E-state index in [1.807, 2.05) is 45.8 Å². The summed E-state index contributed by atoms with van der Waals surface area (Å²) in [6.07, 6.45) is 8.55. The normalized spacial score (nSPS) is 20.2. The van der Waals surface area contributed by atoms with Crippen LogP contribution in [0.15, 0.2) is 55.1 Å². The summed E-state index contributed by atoms with van der Waals surface area (Å²) in [7, 11) is 0. The molecule has 2 aliphatic carbocycles. The first-order valence-corrected chi connectivity index (χ1v) is 14.4. The van der Waals surface area contributed by atoms with Gasteiger partial charge in [-0.15, -0.1) is 0 Å². The zero-order chi connectivity index (χ0) is 27.9. The zero-order valence-corrected chi connectivity index (χ0v) is 23.2. The van der Waals surface area contributed by atoms with Gasteiger partial charge in [-0.05, 0) is 60.4 Å². The summed E-state index contributed by atoms with van der Waals surface area (Å²) in [4.78, 5) is 41.5. The molecular formula is C30H30ClN7O3. The fraction of sp³-hybridized carbons (Fsp3) is 0.367. The Kier molecular flexibility index (Phi) is 6.80. The molecule has 7 rings (SSSR count). The van der Waals surface area contributed by atoms with Crippen LogP contribution >= 0.6 is 11.6 Å². The Morgan fingerprint density at radius 2 is 1.85 bits per heavy atom. The molecule has 0 bridgehead atoms. The number of carbonyl (C=O) groups is 2. The van der Waals surface area contributed by atoms with Gasteiger partial charge in [0, 0.05) is 42.5 Å². The van der Waals surface area contributed by atoms with Crippen molar-refractivity contribution in [3.05, 3.63) is 82.5 Å². The highest BCUT2D eigenvalue weighted by atomic mass is 35.5. The van der Waals surface area contributed by atoms with E-state index in [9.17, 15) is 9.59 Å². The monoisotopic (exact) mass is 571 g/mol. The van der Waals surface area contributed by atoms with Crippen molar-refractivity contribution in [1.82, 2.24) is 24.3 Å². The van der Waals surface area contributed by atoms with Gasteiger partial charge in [-0.25, -0.2) is 15.0 Å². The van der Waals surface area contributed by atoms with E-state index < -0.39 is 0 Å². The van der Waals surface area contributed by atoms with Gasteiger partial charge in [0.2, 0.25) is 5.91 Å². The van der Waals surface area contributed by atoms with Crippen molar-refractivity contribution in [1.29, 1.82) is 0 Å². The van der Waals surface area contributed by atoms with Crippen LogP contribution in [-0.2, 0) is 16.1 Å². The van der Waals surface area contributed by atoms with E-state index in [1.54, 1.807) is 6.07 Å². The highest BCUT2D eigenvalue weighted by Gasteiger charge is 2.44. The van der Waals surface area contributed by atoms with Gasteiger partial charge in [-0.2, -0.15) is 0 Å². The molecule has 41 heavy (non-hydrogen) atoms. The number of aromatic nitrogens is 4. The summed E-state index contributed by atoms with van der Waals surface area (Å²) in [6.45, 7) is 2.68. The number of amides is 2. The van der Waals surface area contributed by atoms with Gasteiger partial charge in [-0.3, -0.25) is 9.59 Å². The average Bonchev–Trinajstić information content (AvgIpc) is 3.92. The first-order valence-electron chi connectivity index (χ1n) is 14.0. The summed E-state index contributed by atoms with van der Waals surface area (Å²) >= 11 is 6.11. The van der Waals surface area contributed by atoms with E-state index in [2.05, 4.69) is 26.8 Å². The second-order valence-electron chi connectivity index (χ2n) is 11.0. The molecular weight excluding hydrogens is 542 g/mol. The van der Waals surface area contributed by atoms with Crippen molar-refractivity contribution >= 4 is 40.7 Å². The molecule has 1 saturated heterocycles. The van der Waals surface area contributed by atoms with Crippen LogP contribution in [0.2, 0.25) is 5.02 Å². The van der Waals surface area contributed by atoms with Crippen LogP contribution < -0.4 is 10.6 Å². The lowest BCUT2D eigenvalue weighted by molar-refractivity contribution is -0.117. The number of ether oxygens (including phenoxy) is 1. The minimum absolute atomic E-state index is 0.00430. The van der Waals surface area contributed by atoms with E-state index >= 15 is 0 Å². The maximum absolute atomic E-state index is 13.4. The molecule has 1 aliphatic heterocycles. The Balaban J connectivity index is 1.03. The molecule has 2 atom stereocenters. The summed E-state index contributed by atoms with van der Waals surface area (Å²) in [5.74, 6) is 1.51. The molecule has 0 spiro atoms. The van der Waals surface area contributed by atoms with Crippen molar-refractivity contribution in [2.45, 2.75) is 37.6 Å². The smallest absolute Gasteiger partial charge is 0.257 e. The fourth-order valence-electron chi connectivity index (χ4n) is 5.50. The molecule has 2 N–H and O–H groups in total. The second kappa shape index (κ2) is 10.8. The van der Waals surface area contributed by atoms with Crippen molar-refractivity contribution < 1.29 is 14.3 Å². The molecule has 1 aromatic carbocycles. The fourth-order valence-corrected chi connectivity index (χ4v) is 5.70. The number of nitrogens with zero attached hydrogens (tertiary/aromatic N) is 5. The molecule has 4 heterocycles. The number of nitrogens with one attached hydrogen (secondary N) is 2. The Morgan fingerprint density at radius 3 is 2.66 bits per heavy atom. The standard InChI is InChI=1S/C30H30ClN7O3/c31-21-3-1-2-19(10-21)23-12-24(23)29(39)36-27-13-26(33-17-34-27)32-14-22-16-38-15-20(18-4-5-18)11-25(28(38)35-22)30(40)37-6-8-41-9-7-37/h1-3,10-11,13,15-18,23-24H,4-9,12,14H2,(H2,32,33,34,36,39)/t23?,24-/m0/s1. The lowest BCUT2D eigenvalue weighted by Crippen LogP contribution is -2.40. The number of halogens is 1. The molecule has 2 saturated carbocycles. The summed E-state index contributed by atoms with van der Waals surface area (Å²) < 4.78 is 7.40. The van der Waals surface area contributed by atoms with Crippen LogP contribution in [-0.4, -0.2) is 62.4 Å². The summed E-state index contributed by atoms with van der Waals surface area (Å²) in [5, 5.41) is 6.87. The highest BCUT2D eigenvalue weighted by molar-refractivity contribution is 6.30. The van der Waals surface area contributed by atoms with Crippen molar-refractivity contribution in [3.63, 3.8) is 0 Å². The SMILES string of the molecule is O=C(Nc1cc(NCc2cn3cc(C4CC4)cc(C(=O)N4CCOCC4)c3n2)ncn1)[C@H]1CC1c1cccc(Cl)c1. The first-order chi connectivity index (χ1) is 20.0. The van der Waals surface area contributed by atoms with Crippen LogP contribution in [0.3, 0.4) is 0 Å². The first kappa shape index (κ1) is 25.9. The Bertz CT molecular complexity index is 1630. The summed E-state index contributed by atoms with van der Waals surface area (Å²) in [6, 6.07) is 11.4. The van der Waals surface area contributed by atoms with E-state index in [4.69, 9.17) is 21.3 Å². The van der Waals surface area contributed by atoms with Crippen molar-refractivity contribution in [2.24, 2.45) is 5.92 Å². The Hall–Kier alpha value is -4.02. The minimum atomic E-state index is -0.104. The summed E-state index contributed by atoms with van der Waals surface area (Å²) in [5.41, 5.74) is 4.31. The van der Waals surface area contributed by atoms with Crippen molar-refractivity contribution in [3.8, 4) is 0 Å². The maximum Gasteiger partial charge on any atom is 0.257 e. The number of morpholine rings is 1. The lowest BCUT2D eigenvalue weighted by Gasteiger charge is -2.27. The lowest BCUT2D eigenvalue weighted by atomic mass is 10.1. The van der Waals surface area contributed by atoms with Crippen LogP contribution in [0, 0.1) is 5.92 Å². The van der Waals surface area contributed by atoms with E-state index in [1.165, 1.54) is 11.9 Å². The van der Waals surface area contributed by atoms with E-state index in [0.29, 0.717) is 66.6 Å². The number of hydrogen-bond acceptors (Lipinski definition) is 7. The topological polar surface area (TPSA) is 114 Å². The molecule has 2 amide bonds. The molecule has 11 heteroatoms. The van der Waals surface area contributed by atoms with E-state index in [0.717, 1.165) is 30.5 Å². The molecule has 3 aliphatic rings. The second-order valence-corrected chi connectivity index (χ2v) is 11.4.